The maximum absolute atomic E-state index is 12.6. The van der Waals surface area contributed by atoms with Gasteiger partial charge in [0.2, 0.25) is 5.91 Å². The second-order valence-corrected chi connectivity index (χ2v) is 7.82. The number of benzene rings is 2. The molecule has 0 aliphatic carbocycles. The first-order valence-electron chi connectivity index (χ1n) is 9.49. The minimum absolute atomic E-state index is 0.106. The van der Waals surface area contributed by atoms with Crippen LogP contribution in [0.1, 0.15) is 30.9 Å². The Labute approximate surface area is 174 Å². The van der Waals surface area contributed by atoms with Crippen molar-refractivity contribution in [3.05, 3.63) is 52.0 Å². The van der Waals surface area contributed by atoms with Gasteiger partial charge in [0.1, 0.15) is 0 Å². The highest BCUT2D eigenvalue weighted by atomic mass is 35.5. The maximum Gasteiger partial charge on any atom is 0.238 e. The van der Waals surface area contributed by atoms with Gasteiger partial charge in [0.25, 0.3) is 0 Å². The Morgan fingerprint density at radius 1 is 1.11 bits per heavy atom. The molecule has 2 aromatic rings. The number of hydrogen-bond donors (Lipinski definition) is 1. The average molecular weight is 421 g/mol. The van der Waals surface area contributed by atoms with Crippen LogP contribution in [0, 0.1) is 0 Å². The molecule has 4 rings (SSSR count). The molecule has 0 bridgehead atoms. The summed E-state index contributed by atoms with van der Waals surface area (Å²) in [6.07, 6.45) is 2.93. The summed E-state index contributed by atoms with van der Waals surface area (Å²) in [5.41, 5.74) is 1.68. The lowest BCUT2D eigenvalue weighted by Crippen LogP contribution is -2.33. The van der Waals surface area contributed by atoms with Crippen LogP contribution in [-0.4, -0.2) is 37.1 Å². The fourth-order valence-corrected chi connectivity index (χ4v) is 4.10. The molecule has 2 aliphatic heterocycles. The van der Waals surface area contributed by atoms with Crippen LogP contribution in [0.15, 0.2) is 36.4 Å². The third kappa shape index (κ3) is 4.22. The zero-order valence-corrected chi connectivity index (χ0v) is 16.9. The van der Waals surface area contributed by atoms with Gasteiger partial charge in [0.05, 0.1) is 35.5 Å². The predicted molar refractivity (Wildman–Crippen MR) is 111 cm³/mol. The Morgan fingerprint density at radius 2 is 1.93 bits per heavy atom. The zero-order valence-electron chi connectivity index (χ0n) is 15.4. The highest BCUT2D eigenvalue weighted by Gasteiger charge is 2.28. The quantitative estimate of drug-likeness (QED) is 0.761. The van der Waals surface area contributed by atoms with E-state index >= 15 is 0 Å². The van der Waals surface area contributed by atoms with E-state index in [4.69, 9.17) is 32.7 Å². The topological polar surface area (TPSA) is 50.8 Å². The van der Waals surface area contributed by atoms with Gasteiger partial charge in [-0.05, 0) is 49.2 Å². The summed E-state index contributed by atoms with van der Waals surface area (Å²) in [7, 11) is 0. The molecule has 0 unspecified atom stereocenters. The van der Waals surface area contributed by atoms with E-state index in [2.05, 4.69) is 22.3 Å². The molecule has 28 heavy (non-hydrogen) atoms. The van der Waals surface area contributed by atoms with E-state index in [1.807, 2.05) is 6.07 Å². The highest BCUT2D eigenvalue weighted by molar-refractivity contribution is 6.44. The standard InChI is InChI=1S/C21H22Cl2N2O3/c22-15-4-1-5-16(21(15)23)24-20(26)13-25-9-2-6-17(25)14-7-8-18-19(12-14)28-11-3-10-27-18/h1,4-5,7-8,12,17H,2-3,6,9-11,13H2,(H,24,26)/t17-/m0/s1. The molecule has 0 radical (unpaired) electrons. The van der Waals surface area contributed by atoms with Crippen LogP contribution >= 0.6 is 23.2 Å². The summed E-state index contributed by atoms with van der Waals surface area (Å²) in [5.74, 6) is 1.47. The van der Waals surface area contributed by atoms with Crippen LogP contribution in [0.25, 0.3) is 0 Å². The van der Waals surface area contributed by atoms with Gasteiger partial charge in [0, 0.05) is 12.5 Å². The predicted octanol–water partition coefficient (Wildman–Crippen LogP) is 4.93. The van der Waals surface area contributed by atoms with E-state index in [1.54, 1.807) is 18.2 Å². The van der Waals surface area contributed by atoms with Crippen molar-refractivity contribution in [1.29, 1.82) is 0 Å². The summed E-state index contributed by atoms with van der Waals surface area (Å²) < 4.78 is 11.5. The number of likely N-dealkylation sites (tertiary alicyclic amines) is 1. The van der Waals surface area contributed by atoms with Crippen LogP contribution in [0.5, 0.6) is 11.5 Å². The number of carbonyl (C=O) groups excluding carboxylic acids is 1. The minimum Gasteiger partial charge on any atom is -0.490 e. The van der Waals surface area contributed by atoms with Gasteiger partial charge in [-0.15, -0.1) is 0 Å². The highest BCUT2D eigenvalue weighted by Crippen LogP contribution is 2.38. The Hall–Kier alpha value is -1.95. The van der Waals surface area contributed by atoms with Crippen molar-refractivity contribution in [2.75, 3.05) is 31.6 Å². The molecule has 2 aliphatic rings. The van der Waals surface area contributed by atoms with Gasteiger partial charge in [-0.3, -0.25) is 9.69 Å². The minimum atomic E-state index is -0.106. The van der Waals surface area contributed by atoms with Crippen molar-refractivity contribution in [3.8, 4) is 11.5 Å². The van der Waals surface area contributed by atoms with Crippen molar-refractivity contribution in [1.82, 2.24) is 4.90 Å². The van der Waals surface area contributed by atoms with Crippen LogP contribution < -0.4 is 14.8 Å². The summed E-state index contributed by atoms with van der Waals surface area (Å²) in [6, 6.07) is 11.5. The molecule has 2 aromatic carbocycles. The Balaban J connectivity index is 1.46. The molecule has 1 atom stereocenters. The molecule has 0 saturated carbocycles. The lowest BCUT2D eigenvalue weighted by atomic mass is 10.0. The number of hydrogen-bond acceptors (Lipinski definition) is 4. The SMILES string of the molecule is O=C(CN1CCC[C@H]1c1ccc2c(c1)OCCCO2)Nc1cccc(Cl)c1Cl. The molecule has 0 spiro atoms. The first kappa shape index (κ1) is 19.4. The van der Waals surface area contributed by atoms with Gasteiger partial charge in [-0.25, -0.2) is 0 Å². The van der Waals surface area contributed by atoms with Crippen LogP contribution in [-0.2, 0) is 4.79 Å². The van der Waals surface area contributed by atoms with Gasteiger partial charge in [-0.1, -0.05) is 35.3 Å². The Kier molecular flexibility index (Phi) is 5.95. The number of anilines is 1. The molecule has 2 heterocycles. The van der Waals surface area contributed by atoms with Crippen LogP contribution in [0.3, 0.4) is 0 Å². The fourth-order valence-electron chi connectivity index (χ4n) is 3.75. The molecular weight excluding hydrogens is 399 g/mol. The normalized spacial score (nSPS) is 19.3. The summed E-state index contributed by atoms with van der Waals surface area (Å²) in [4.78, 5) is 14.8. The van der Waals surface area contributed by atoms with E-state index in [-0.39, 0.29) is 11.9 Å². The molecule has 1 fully saturated rings. The molecule has 1 amide bonds. The van der Waals surface area contributed by atoms with Crippen LogP contribution in [0.4, 0.5) is 5.69 Å². The number of nitrogens with one attached hydrogen (secondary N) is 1. The largest absolute Gasteiger partial charge is 0.490 e. The lowest BCUT2D eigenvalue weighted by Gasteiger charge is -2.25. The van der Waals surface area contributed by atoms with Crippen molar-refractivity contribution in [3.63, 3.8) is 0 Å². The molecule has 1 N–H and O–H groups in total. The van der Waals surface area contributed by atoms with E-state index in [9.17, 15) is 4.79 Å². The fraction of sp³-hybridized carbons (Fsp3) is 0.381. The summed E-state index contributed by atoms with van der Waals surface area (Å²) in [6.45, 7) is 2.50. The average Bonchev–Trinajstić information content (AvgIpc) is 3.00. The zero-order chi connectivity index (χ0) is 19.5. The first-order valence-corrected chi connectivity index (χ1v) is 10.2. The number of amides is 1. The smallest absolute Gasteiger partial charge is 0.238 e. The molecule has 0 aromatic heterocycles. The van der Waals surface area contributed by atoms with Crippen LogP contribution in [0.2, 0.25) is 10.0 Å². The van der Waals surface area contributed by atoms with E-state index < -0.39 is 0 Å². The number of nitrogens with zero attached hydrogens (tertiary/aromatic N) is 1. The van der Waals surface area contributed by atoms with Crippen molar-refractivity contribution < 1.29 is 14.3 Å². The number of halogens is 2. The van der Waals surface area contributed by atoms with Gasteiger partial charge < -0.3 is 14.8 Å². The van der Waals surface area contributed by atoms with Gasteiger partial charge in [-0.2, -0.15) is 0 Å². The third-order valence-corrected chi connectivity index (χ3v) is 5.91. The second-order valence-electron chi connectivity index (χ2n) is 7.03. The summed E-state index contributed by atoms with van der Waals surface area (Å²) in [5, 5.41) is 3.65. The molecule has 5 nitrogen and oxygen atoms in total. The molecule has 7 heteroatoms. The monoisotopic (exact) mass is 420 g/mol. The number of fused-ring (bicyclic) bond motifs is 1. The van der Waals surface area contributed by atoms with E-state index in [1.165, 1.54) is 0 Å². The van der Waals surface area contributed by atoms with Crippen molar-refractivity contribution in [2.45, 2.75) is 25.3 Å². The molecular formula is C21H22Cl2N2O3. The second kappa shape index (κ2) is 8.60. The van der Waals surface area contributed by atoms with Crippen molar-refractivity contribution >= 4 is 34.8 Å². The number of ether oxygens (including phenoxy) is 2. The maximum atomic E-state index is 12.6. The van der Waals surface area contributed by atoms with E-state index in [0.29, 0.717) is 35.5 Å². The van der Waals surface area contributed by atoms with Crippen molar-refractivity contribution in [2.24, 2.45) is 0 Å². The van der Waals surface area contributed by atoms with Gasteiger partial charge in [0.15, 0.2) is 11.5 Å². The number of rotatable bonds is 4. The Morgan fingerprint density at radius 3 is 2.79 bits per heavy atom. The third-order valence-electron chi connectivity index (χ3n) is 5.09. The molecule has 148 valence electrons. The lowest BCUT2D eigenvalue weighted by molar-refractivity contribution is -0.117. The summed E-state index contributed by atoms with van der Waals surface area (Å²) >= 11 is 12.2. The first-order chi connectivity index (χ1) is 13.6. The van der Waals surface area contributed by atoms with Gasteiger partial charge >= 0.3 is 0 Å². The van der Waals surface area contributed by atoms with E-state index in [0.717, 1.165) is 42.9 Å². The molecule has 1 saturated heterocycles. The Bertz CT molecular complexity index is 875. The number of carbonyl (C=O) groups is 1.